The van der Waals surface area contributed by atoms with E-state index in [4.69, 9.17) is 4.98 Å². The van der Waals surface area contributed by atoms with E-state index in [1.165, 1.54) is 24.1 Å². The quantitative estimate of drug-likeness (QED) is 0.886. The third-order valence-electron chi connectivity index (χ3n) is 4.40. The van der Waals surface area contributed by atoms with Crippen LogP contribution in [0.1, 0.15) is 50.4 Å². The van der Waals surface area contributed by atoms with Gasteiger partial charge in [0.2, 0.25) is 5.95 Å². The molecule has 1 aliphatic carbocycles. The van der Waals surface area contributed by atoms with Crippen LogP contribution in [0.4, 0.5) is 5.95 Å². The van der Waals surface area contributed by atoms with E-state index in [1.807, 2.05) is 13.2 Å². The van der Waals surface area contributed by atoms with E-state index in [1.54, 1.807) is 0 Å². The third kappa shape index (κ3) is 2.46. The van der Waals surface area contributed by atoms with Crippen LogP contribution < -0.4 is 10.2 Å². The summed E-state index contributed by atoms with van der Waals surface area (Å²) in [6, 6.07) is 0.395. The molecule has 19 heavy (non-hydrogen) atoms. The van der Waals surface area contributed by atoms with Gasteiger partial charge in [-0.3, -0.25) is 0 Å². The molecule has 2 heterocycles. The fourth-order valence-corrected chi connectivity index (χ4v) is 3.36. The van der Waals surface area contributed by atoms with E-state index in [9.17, 15) is 0 Å². The van der Waals surface area contributed by atoms with Crippen LogP contribution in [-0.2, 0) is 6.42 Å². The summed E-state index contributed by atoms with van der Waals surface area (Å²) in [4.78, 5) is 11.8. The van der Waals surface area contributed by atoms with Crippen molar-refractivity contribution in [2.75, 3.05) is 25.0 Å². The van der Waals surface area contributed by atoms with Crippen molar-refractivity contribution < 1.29 is 0 Å². The van der Waals surface area contributed by atoms with Gasteiger partial charge in [-0.15, -0.1) is 0 Å². The molecule has 1 aromatic rings. The lowest BCUT2D eigenvalue weighted by molar-refractivity contribution is 0.260. The normalized spacial score (nSPS) is 25.4. The largest absolute Gasteiger partial charge is 0.341 e. The predicted octanol–water partition coefficient (Wildman–Crippen LogP) is 2.31. The van der Waals surface area contributed by atoms with Gasteiger partial charge in [-0.25, -0.2) is 9.97 Å². The second-order valence-corrected chi connectivity index (χ2v) is 6.65. The molecular weight excluding hydrogens is 236 g/mol. The number of hydrogen-bond acceptors (Lipinski definition) is 4. The van der Waals surface area contributed by atoms with E-state index >= 15 is 0 Å². The molecule has 1 unspecified atom stereocenters. The van der Waals surface area contributed by atoms with Gasteiger partial charge in [0.25, 0.3) is 0 Å². The molecule has 4 heteroatoms. The highest BCUT2D eigenvalue weighted by atomic mass is 15.3. The van der Waals surface area contributed by atoms with Crippen molar-refractivity contribution in [3.8, 4) is 0 Å². The average molecular weight is 260 g/mol. The molecule has 0 bridgehead atoms. The molecule has 3 rings (SSSR count). The van der Waals surface area contributed by atoms with Crippen molar-refractivity contribution in [2.45, 2.75) is 45.6 Å². The summed E-state index contributed by atoms with van der Waals surface area (Å²) in [5.41, 5.74) is 2.86. The zero-order chi connectivity index (χ0) is 13.5. The first kappa shape index (κ1) is 12.9. The van der Waals surface area contributed by atoms with Gasteiger partial charge in [0, 0.05) is 30.9 Å². The fraction of sp³-hybridized carbons (Fsp3) is 0.733. The minimum atomic E-state index is 0.317. The minimum absolute atomic E-state index is 0.317. The molecule has 1 aliphatic heterocycles. The molecule has 2 aliphatic rings. The van der Waals surface area contributed by atoms with Crippen LogP contribution in [0.2, 0.25) is 0 Å². The van der Waals surface area contributed by atoms with Gasteiger partial charge in [0.15, 0.2) is 0 Å². The van der Waals surface area contributed by atoms with E-state index in [0.29, 0.717) is 11.5 Å². The summed E-state index contributed by atoms with van der Waals surface area (Å²) in [5, 5.41) is 3.41. The van der Waals surface area contributed by atoms with Gasteiger partial charge in [-0.2, -0.15) is 0 Å². The zero-order valence-corrected chi connectivity index (χ0v) is 12.2. The van der Waals surface area contributed by atoms with Gasteiger partial charge >= 0.3 is 0 Å². The number of aromatic nitrogens is 2. The maximum atomic E-state index is 4.86. The van der Waals surface area contributed by atoms with E-state index in [0.717, 1.165) is 31.9 Å². The number of rotatable bonds is 2. The lowest BCUT2D eigenvalue weighted by atomic mass is 9.74. The summed E-state index contributed by atoms with van der Waals surface area (Å²) in [6.45, 7) is 6.88. The molecule has 1 fully saturated rings. The lowest BCUT2D eigenvalue weighted by Crippen LogP contribution is -2.33. The Morgan fingerprint density at radius 1 is 1.32 bits per heavy atom. The van der Waals surface area contributed by atoms with Crippen LogP contribution in [0.5, 0.6) is 0 Å². The highest BCUT2D eigenvalue weighted by Gasteiger charge is 2.33. The molecule has 1 N–H and O–H groups in total. The first-order chi connectivity index (χ1) is 9.09. The van der Waals surface area contributed by atoms with Crippen LogP contribution >= 0.6 is 0 Å². The maximum absolute atomic E-state index is 4.86. The Balaban J connectivity index is 1.94. The molecule has 0 aromatic carbocycles. The summed E-state index contributed by atoms with van der Waals surface area (Å²) in [6.07, 6.45) is 6.80. The molecule has 104 valence electrons. The number of nitrogens with one attached hydrogen (secondary N) is 1. The third-order valence-corrected chi connectivity index (χ3v) is 4.40. The van der Waals surface area contributed by atoms with Crippen LogP contribution in [0.3, 0.4) is 0 Å². The Kier molecular flexibility index (Phi) is 3.21. The molecule has 1 atom stereocenters. The van der Waals surface area contributed by atoms with Crippen molar-refractivity contribution in [2.24, 2.45) is 5.41 Å². The van der Waals surface area contributed by atoms with Crippen molar-refractivity contribution in [1.29, 1.82) is 0 Å². The van der Waals surface area contributed by atoms with Crippen molar-refractivity contribution in [3.63, 3.8) is 0 Å². The fourth-order valence-electron chi connectivity index (χ4n) is 3.36. The average Bonchev–Trinajstić information content (AvgIpc) is 2.89. The van der Waals surface area contributed by atoms with E-state index in [-0.39, 0.29) is 0 Å². The van der Waals surface area contributed by atoms with Gasteiger partial charge in [-0.1, -0.05) is 13.8 Å². The minimum Gasteiger partial charge on any atom is -0.341 e. The molecule has 0 radical (unpaired) electrons. The highest BCUT2D eigenvalue weighted by Crippen LogP contribution is 2.39. The van der Waals surface area contributed by atoms with Crippen LogP contribution in [0.25, 0.3) is 0 Å². The Morgan fingerprint density at radius 3 is 2.74 bits per heavy atom. The topological polar surface area (TPSA) is 41.1 Å². The van der Waals surface area contributed by atoms with Gasteiger partial charge in [0.05, 0.1) is 5.69 Å². The van der Waals surface area contributed by atoms with Gasteiger partial charge in [-0.05, 0) is 38.1 Å². The molecular formula is C15H24N4. The van der Waals surface area contributed by atoms with E-state index in [2.05, 4.69) is 29.0 Å². The second kappa shape index (κ2) is 4.75. The number of nitrogens with zero attached hydrogens (tertiary/aromatic N) is 3. The van der Waals surface area contributed by atoms with Crippen LogP contribution in [-0.4, -0.2) is 30.1 Å². The first-order valence-electron chi connectivity index (χ1n) is 7.37. The SMILES string of the molecule is CNC1CC(C)(C)Cc2nc(N3CCCC3)ncc21. The zero-order valence-electron chi connectivity index (χ0n) is 12.2. The molecule has 1 saturated heterocycles. The predicted molar refractivity (Wildman–Crippen MR) is 77.4 cm³/mol. The molecule has 0 amide bonds. The Morgan fingerprint density at radius 2 is 2.05 bits per heavy atom. The number of anilines is 1. The molecule has 0 spiro atoms. The Bertz CT molecular complexity index is 463. The van der Waals surface area contributed by atoms with Crippen molar-refractivity contribution >= 4 is 5.95 Å². The number of fused-ring (bicyclic) bond motifs is 1. The standard InChI is InChI=1S/C15H24N4/c1-15(2)8-12(16-3)11-10-17-14(18-13(11)9-15)19-6-4-5-7-19/h10,12,16H,4-9H2,1-3H3. The summed E-state index contributed by atoms with van der Waals surface area (Å²) in [5.74, 6) is 0.934. The first-order valence-corrected chi connectivity index (χ1v) is 7.37. The Hall–Kier alpha value is -1.16. The van der Waals surface area contributed by atoms with Gasteiger partial charge in [0.1, 0.15) is 0 Å². The van der Waals surface area contributed by atoms with E-state index < -0.39 is 0 Å². The summed E-state index contributed by atoms with van der Waals surface area (Å²) in [7, 11) is 2.03. The lowest BCUT2D eigenvalue weighted by Gasteiger charge is -2.36. The van der Waals surface area contributed by atoms with Crippen molar-refractivity contribution in [3.05, 3.63) is 17.5 Å². The van der Waals surface area contributed by atoms with Gasteiger partial charge < -0.3 is 10.2 Å². The molecule has 0 saturated carbocycles. The smallest absolute Gasteiger partial charge is 0.225 e. The molecule has 1 aromatic heterocycles. The number of hydrogen-bond donors (Lipinski definition) is 1. The monoisotopic (exact) mass is 260 g/mol. The summed E-state index contributed by atoms with van der Waals surface area (Å²) >= 11 is 0. The second-order valence-electron chi connectivity index (χ2n) is 6.65. The molecule has 4 nitrogen and oxygen atoms in total. The summed E-state index contributed by atoms with van der Waals surface area (Å²) < 4.78 is 0. The van der Waals surface area contributed by atoms with Crippen LogP contribution in [0, 0.1) is 5.41 Å². The van der Waals surface area contributed by atoms with Crippen LogP contribution in [0.15, 0.2) is 6.20 Å². The highest BCUT2D eigenvalue weighted by molar-refractivity contribution is 5.37. The Labute approximate surface area is 115 Å². The van der Waals surface area contributed by atoms with Crippen molar-refractivity contribution in [1.82, 2.24) is 15.3 Å². The maximum Gasteiger partial charge on any atom is 0.225 e.